The van der Waals surface area contributed by atoms with E-state index in [1.807, 2.05) is 0 Å². The number of halogens is 4. The zero-order valence-corrected chi connectivity index (χ0v) is 21.5. The van der Waals surface area contributed by atoms with Gasteiger partial charge in [-0.05, 0) is 67.4 Å². The molecule has 1 aliphatic heterocycles. The summed E-state index contributed by atoms with van der Waals surface area (Å²) in [7, 11) is 0. The molecule has 1 saturated heterocycles. The molecule has 2 aliphatic rings. The van der Waals surface area contributed by atoms with Gasteiger partial charge in [0.25, 0.3) is 5.91 Å². The predicted molar refractivity (Wildman–Crippen MR) is 138 cm³/mol. The van der Waals surface area contributed by atoms with Gasteiger partial charge in [0, 0.05) is 36.8 Å². The Labute approximate surface area is 220 Å². The highest BCUT2D eigenvalue weighted by Gasteiger charge is 2.49. The van der Waals surface area contributed by atoms with E-state index in [1.165, 1.54) is 0 Å². The van der Waals surface area contributed by atoms with Crippen molar-refractivity contribution in [2.75, 3.05) is 36.4 Å². The van der Waals surface area contributed by atoms with Gasteiger partial charge in [0.15, 0.2) is 0 Å². The number of amides is 1. The van der Waals surface area contributed by atoms with Gasteiger partial charge in [-0.3, -0.25) is 4.79 Å². The summed E-state index contributed by atoms with van der Waals surface area (Å²) >= 11 is 7.14. The normalized spacial score (nSPS) is 21.4. The van der Waals surface area contributed by atoms with Gasteiger partial charge in [0.2, 0.25) is 5.28 Å². The zero-order chi connectivity index (χ0) is 26.2. The number of pyridine rings is 1. The van der Waals surface area contributed by atoms with Crippen LogP contribution >= 0.6 is 22.9 Å². The summed E-state index contributed by atoms with van der Waals surface area (Å²) in [5.41, 5.74) is 6.05. The van der Waals surface area contributed by atoms with Crippen LogP contribution in [0.2, 0.25) is 5.28 Å². The highest BCUT2D eigenvalue weighted by molar-refractivity contribution is 7.18. The molecule has 5 rings (SSSR count). The van der Waals surface area contributed by atoms with Crippen molar-refractivity contribution in [3.8, 4) is 0 Å². The molecular formula is C24H27ClF3N7OS. The molecule has 198 valence electrons. The number of thiophene rings is 1. The van der Waals surface area contributed by atoms with E-state index in [2.05, 4.69) is 30.5 Å². The van der Waals surface area contributed by atoms with Crippen LogP contribution in [0.25, 0.3) is 10.2 Å². The molecule has 3 aromatic heterocycles. The Balaban J connectivity index is 1.19. The van der Waals surface area contributed by atoms with Crippen molar-refractivity contribution in [2.24, 2.45) is 11.1 Å². The molecule has 8 nitrogen and oxygen atoms in total. The molecule has 13 heteroatoms. The average molecular weight is 554 g/mol. The van der Waals surface area contributed by atoms with Crippen LogP contribution in [0.3, 0.4) is 0 Å². The minimum absolute atomic E-state index is 0.0413. The van der Waals surface area contributed by atoms with Crippen LogP contribution in [0.5, 0.6) is 0 Å². The summed E-state index contributed by atoms with van der Waals surface area (Å²) in [6.45, 7) is 2.57. The van der Waals surface area contributed by atoms with Crippen molar-refractivity contribution < 1.29 is 18.0 Å². The number of alkyl halides is 3. The highest BCUT2D eigenvalue weighted by atomic mass is 35.5. The molecule has 0 unspecified atom stereocenters. The number of aromatic nitrogens is 3. The number of fused-ring (bicyclic) bond motifs is 1. The van der Waals surface area contributed by atoms with E-state index in [0.29, 0.717) is 40.5 Å². The average Bonchev–Trinajstić information content (AvgIpc) is 3.42. The van der Waals surface area contributed by atoms with Gasteiger partial charge in [-0.15, -0.1) is 11.3 Å². The van der Waals surface area contributed by atoms with Crippen LogP contribution in [0.1, 0.15) is 40.9 Å². The lowest BCUT2D eigenvalue weighted by atomic mass is 9.65. The molecule has 0 atom stereocenters. The Hall–Kier alpha value is -2.70. The van der Waals surface area contributed by atoms with E-state index in [4.69, 9.17) is 17.3 Å². The van der Waals surface area contributed by atoms with E-state index in [9.17, 15) is 18.0 Å². The molecule has 4 N–H and O–H groups in total. The minimum atomic E-state index is -4.28. The first-order chi connectivity index (χ1) is 17.6. The lowest BCUT2D eigenvalue weighted by Gasteiger charge is -2.45. The maximum Gasteiger partial charge on any atom is 0.393 e. The van der Waals surface area contributed by atoms with Crippen LogP contribution in [-0.2, 0) is 6.42 Å². The maximum atomic E-state index is 12.9. The van der Waals surface area contributed by atoms with E-state index < -0.39 is 12.6 Å². The fourth-order valence-electron chi connectivity index (χ4n) is 5.22. The smallest absolute Gasteiger partial charge is 0.367 e. The number of nitrogens with one attached hydrogen (secondary N) is 2. The van der Waals surface area contributed by atoms with Gasteiger partial charge in [-0.1, -0.05) is 0 Å². The number of nitrogens with zero attached hydrogens (tertiary/aromatic N) is 4. The van der Waals surface area contributed by atoms with Gasteiger partial charge in [-0.25, -0.2) is 9.97 Å². The molecule has 3 aromatic rings. The SMILES string of the molecule is NCCCNC(=O)c1ccc(NC2CC3(CCN(c4nc(Cl)nc5sc(CC(F)(F)F)cc45)C3)C2)nc1. The lowest BCUT2D eigenvalue weighted by Crippen LogP contribution is -2.47. The fraction of sp³-hybridized carbons (Fsp3) is 0.500. The Morgan fingerprint density at radius 1 is 1.30 bits per heavy atom. The third kappa shape index (κ3) is 5.91. The van der Waals surface area contributed by atoms with Gasteiger partial charge in [0.05, 0.1) is 17.4 Å². The Morgan fingerprint density at radius 3 is 2.81 bits per heavy atom. The zero-order valence-electron chi connectivity index (χ0n) is 19.9. The fourth-order valence-corrected chi connectivity index (χ4v) is 6.49. The number of hydrogen-bond acceptors (Lipinski definition) is 8. The molecular weight excluding hydrogens is 527 g/mol. The minimum Gasteiger partial charge on any atom is -0.367 e. The number of nitrogens with two attached hydrogens (primary N) is 1. The maximum absolute atomic E-state index is 12.9. The third-order valence-corrected chi connectivity index (χ3v) is 8.11. The van der Waals surface area contributed by atoms with Crippen molar-refractivity contribution in [3.63, 3.8) is 0 Å². The molecule has 37 heavy (non-hydrogen) atoms. The first-order valence-corrected chi connectivity index (χ1v) is 13.3. The van der Waals surface area contributed by atoms with Crippen molar-refractivity contribution in [2.45, 2.75) is 44.3 Å². The van der Waals surface area contributed by atoms with E-state index in [0.717, 1.165) is 50.1 Å². The number of hydrogen-bond donors (Lipinski definition) is 3. The predicted octanol–water partition coefficient (Wildman–Crippen LogP) is 4.39. The standard InChI is InChI=1S/C24H27ClF3N7OS/c25-22-33-19(17-8-16(11-24(26,27)28)37-21(17)34-22)35-7-4-23(13-35)9-15(10-23)32-18-3-2-14(12-31-18)20(36)30-6-1-5-29/h2-3,8,12,15H,1,4-7,9-11,13,29H2,(H,30,36)(H,31,32). The molecule has 0 bridgehead atoms. The van der Waals surface area contributed by atoms with Crippen LogP contribution in [0, 0.1) is 5.41 Å². The summed E-state index contributed by atoms with van der Waals surface area (Å²) in [6.07, 6.45) is -0.143. The van der Waals surface area contributed by atoms with Crippen molar-refractivity contribution in [3.05, 3.63) is 40.1 Å². The summed E-state index contributed by atoms with van der Waals surface area (Å²) in [5.74, 6) is 1.15. The topological polar surface area (TPSA) is 109 Å². The van der Waals surface area contributed by atoms with E-state index in [-0.39, 0.29) is 27.5 Å². The third-order valence-electron chi connectivity index (χ3n) is 6.91. The lowest BCUT2D eigenvalue weighted by molar-refractivity contribution is -0.126. The summed E-state index contributed by atoms with van der Waals surface area (Å²) < 4.78 is 38.7. The van der Waals surface area contributed by atoms with Gasteiger partial charge in [0.1, 0.15) is 16.5 Å². The van der Waals surface area contributed by atoms with E-state index in [1.54, 1.807) is 24.4 Å². The largest absolute Gasteiger partial charge is 0.393 e. The molecule has 4 heterocycles. The first-order valence-electron chi connectivity index (χ1n) is 12.1. The highest BCUT2D eigenvalue weighted by Crippen LogP contribution is 2.50. The molecule has 1 aliphatic carbocycles. The van der Waals surface area contributed by atoms with Crippen molar-refractivity contribution in [1.82, 2.24) is 20.3 Å². The summed E-state index contributed by atoms with van der Waals surface area (Å²) in [6, 6.07) is 5.35. The summed E-state index contributed by atoms with van der Waals surface area (Å²) in [4.78, 5) is 27.8. The van der Waals surface area contributed by atoms with E-state index >= 15 is 0 Å². The van der Waals surface area contributed by atoms with Gasteiger partial charge >= 0.3 is 6.18 Å². The number of carbonyl (C=O) groups is 1. The second kappa shape index (κ2) is 10.2. The molecule has 0 aromatic carbocycles. The number of anilines is 2. The molecule has 0 radical (unpaired) electrons. The van der Waals surface area contributed by atoms with Crippen molar-refractivity contribution in [1.29, 1.82) is 0 Å². The Kier molecular flexibility index (Phi) is 7.16. The van der Waals surface area contributed by atoms with Crippen LogP contribution in [0.4, 0.5) is 24.8 Å². The first kappa shape index (κ1) is 25.9. The molecule has 1 amide bonds. The molecule has 1 spiro atoms. The van der Waals surface area contributed by atoms with Crippen molar-refractivity contribution >= 4 is 50.7 Å². The second-order valence-corrected chi connectivity index (χ2v) is 11.2. The number of carbonyl (C=O) groups excluding carboxylic acids is 1. The Bertz CT molecular complexity index is 1280. The van der Waals surface area contributed by atoms with Crippen LogP contribution in [-0.4, -0.2) is 59.3 Å². The molecule has 2 fully saturated rings. The second-order valence-electron chi connectivity index (χ2n) is 9.79. The van der Waals surface area contributed by atoms with Gasteiger partial charge < -0.3 is 21.3 Å². The number of rotatable bonds is 8. The van der Waals surface area contributed by atoms with Crippen LogP contribution < -0.4 is 21.3 Å². The molecule has 1 saturated carbocycles. The van der Waals surface area contributed by atoms with Crippen LogP contribution in [0.15, 0.2) is 24.4 Å². The monoisotopic (exact) mass is 553 g/mol. The Morgan fingerprint density at radius 2 is 2.11 bits per heavy atom. The quantitative estimate of drug-likeness (QED) is 0.280. The summed E-state index contributed by atoms with van der Waals surface area (Å²) in [5, 5.41) is 6.91. The van der Waals surface area contributed by atoms with Gasteiger partial charge in [-0.2, -0.15) is 18.2 Å².